The van der Waals surface area contributed by atoms with Crippen LogP contribution >= 0.6 is 22.9 Å². The third-order valence-electron chi connectivity index (χ3n) is 7.93. The van der Waals surface area contributed by atoms with Gasteiger partial charge < -0.3 is 14.2 Å². The van der Waals surface area contributed by atoms with Crippen LogP contribution in [0.15, 0.2) is 125 Å². The number of fused-ring (bicyclic) bond motifs is 1. The van der Waals surface area contributed by atoms with E-state index in [1.165, 1.54) is 11.3 Å². The molecule has 0 saturated carbocycles. The molecule has 0 saturated heterocycles. The highest BCUT2D eigenvalue weighted by atomic mass is 35.5. The summed E-state index contributed by atoms with van der Waals surface area (Å²) in [5.74, 6) is 0.623. The van der Waals surface area contributed by atoms with E-state index in [0.717, 1.165) is 27.8 Å². The Balaban J connectivity index is 1.52. The van der Waals surface area contributed by atoms with Crippen LogP contribution in [0.5, 0.6) is 11.5 Å². The van der Waals surface area contributed by atoms with E-state index < -0.39 is 12.0 Å². The molecule has 0 radical (unpaired) electrons. The average Bonchev–Trinajstić information content (AvgIpc) is 3.42. The number of hydrogen-bond acceptors (Lipinski definition) is 7. The minimum absolute atomic E-state index is 0.184. The Hall–Kier alpha value is -5.18. The molecular formula is C40H35ClN2O5S. The quantitative estimate of drug-likeness (QED) is 0.101. The van der Waals surface area contributed by atoms with Gasteiger partial charge in [0.25, 0.3) is 5.56 Å². The summed E-state index contributed by atoms with van der Waals surface area (Å²) in [6.45, 7) is 8.47. The third kappa shape index (κ3) is 7.16. The number of carbonyl (C=O) groups is 1. The molecule has 0 aliphatic carbocycles. The summed E-state index contributed by atoms with van der Waals surface area (Å²) in [5.41, 5.74) is 4.50. The van der Waals surface area contributed by atoms with Crippen molar-refractivity contribution in [2.75, 3.05) is 13.2 Å². The van der Waals surface area contributed by atoms with Gasteiger partial charge in [-0.15, -0.1) is 6.58 Å². The maximum absolute atomic E-state index is 14.4. The van der Waals surface area contributed by atoms with Crippen molar-refractivity contribution in [3.05, 3.63) is 168 Å². The molecular weight excluding hydrogens is 656 g/mol. The minimum atomic E-state index is -0.746. The molecule has 49 heavy (non-hydrogen) atoms. The van der Waals surface area contributed by atoms with Crippen molar-refractivity contribution in [2.45, 2.75) is 32.9 Å². The van der Waals surface area contributed by atoms with Gasteiger partial charge in [-0.25, -0.2) is 9.79 Å². The Labute approximate surface area is 293 Å². The predicted molar refractivity (Wildman–Crippen MR) is 195 cm³/mol. The van der Waals surface area contributed by atoms with Crippen molar-refractivity contribution in [1.82, 2.24) is 4.57 Å². The molecule has 0 N–H and O–H groups in total. The first-order valence-electron chi connectivity index (χ1n) is 16.0. The largest absolute Gasteiger partial charge is 0.490 e. The first kappa shape index (κ1) is 33.7. The summed E-state index contributed by atoms with van der Waals surface area (Å²) < 4.78 is 20.0. The monoisotopic (exact) mass is 690 g/mol. The molecule has 1 aliphatic heterocycles. The van der Waals surface area contributed by atoms with E-state index in [1.54, 1.807) is 17.6 Å². The molecule has 7 nitrogen and oxygen atoms in total. The van der Waals surface area contributed by atoms with Crippen LogP contribution in [0.4, 0.5) is 0 Å². The van der Waals surface area contributed by atoms with Crippen molar-refractivity contribution in [3.63, 3.8) is 0 Å². The number of esters is 1. The Bertz CT molecular complexity index is 2210. The number of thiazole rings is 1. The number of nitrogens with zero attached hydrogens (tertiary/aromatic N) is 2. The van der Waals surface area contributed by atoms with E-state index in [2.05, 4.69) is 6.58 Å². The highest BCUT2D eigenvalue weighted by molar-refractivity contribution is 7.07. The van der Waals surface area contributed by atoms with E-state index in [9.17, 15) is 9.59 Å². The molecule has 6 rings (SSSR count). The fourth-order valence-electron chi connectivity index (χ4n) is 5.81. The second kappa shape index (κ2) is 15.4. The van der Waals surface area contributed by atoms with Crippen molar-refractivity contribution >= 4 is 40.7 Å². The van der Waals surface area contributed by atoms with E-state index in [4.69, 9.17) is 30.8 Å². The van der Waals surface area contributed by atoms with E-state index in [0.29, 0.717) is 50.2 Å². The van der Waals surface area contributed by atoms with Crippen molar-refractivity contribution in [1.29, 1.82) is 0 Å². The van der Waals surface area contributed by atoms with Gasteiger partial charge in [0.1, 0.15) is 6.61 Å². The normalized spacial score (nSPS) is 14.2. The lowest BCUT2D eigenvalue weighted by molar-refractivity contribution is -0.138. The van der Waals surface area contributed by atoms with Crippen LogP contribution in [-0.2, 0) is 22.6 Å². The second-order valence-electron chi connectivity index (χ2n) is 11.2. The van der Waals surface area contributed by atoms with Crippen LogP contribution in [0, 0.1) is 0 Å². The van der Waals surface area contributed by atoms with Crippen LogP contribution in [0.3, 0.4) is 0 Å². The zero-order valence-electron chi connectivity index (χ0n) is 27.2. The SMILES string of the molecule is C=CCc1cc(/C=c2/sc3n(c2=O)[C@H](c2ccccc2)C(C(=O)OCC)=C(c2ccccc2)N=3)cc(OCC)c1OCc1ccccc1Cl. The molecule has 0 amide bonds. The summed E-state index contributed by atoms with van der Waals surface area (Å²) in [6, 6.07) is 29.6. The van der Waals surface area contributed by atoms with Crippen molar-refractivity contribution in [3.8, 4) is 11.5 Å². The number of halogens is 1. The molecule has 1 atom stereocenters. The van der Waals surface area contributed by atoms with Crippen LogP contribution in [-0.4, -0.2) is 23.8 Å². The Morgan fingerprint density at radius 2 is 1.65 bits per heavy atom. The third-order valence-corrected chi connectivity index (χ3v) is 9.29. The zero-order valence-corrected chi connectivity index (χ0v) is 28.8. The zero-order chi connectivity index (χ0) is 34.3. The molecule has 0 bridgehead atoms. The summed E-state index contributed by atoms with van der Waals surface area (Å²) in [7, 11) is 0. The van der Waals surface area contributed by atoms with Gasteiger partial charge in [0.05, 0.1) is 35.1 Å². The molecule has 1 aromatic heterocycles. The van der Waals surface area contributed by atoms with Crippen LogP contribution < -0.4 is 24.4 Å². The van der Waals surface area contributed by atoms with Crippen LogP contribution in [0.1, 0.15) is 47.7 Å². The summed E-state index contributed by atoms with van der Waals surface area (Å²) >= 11 is 7.67. The number of aromatic nitrogens is 1. The van der Waals surface area contributed by atoms with E-state index >= 15 is 0 Å². The van der Waals surface area contributed by atoms with Crippen LogP contribution in [0.25, 0.3) is 11.8 Å². The summed E-state index contributed by atoms with van der Waals surface area (Å²) in [6.07, 6.45) is 4.14. The van der Waals surface area contributed by atoms with Gasteiger partial charge in [0.15, 0.2) is 16.3 Å². The van der Waals surface area contributed by atoms with Gasteiger partial charge in [0.2, 0.25) is 0 Å². The number of allylic oxidation sites excluding steroid dienone is 1. The minimum Gasteiger partial charge on any atom is -0.490 e. The number of carbonyl (C=O) groups excluding carboxylic acids is 1. The fourth-order valence-corrected chi connectivity index (χ4v) is 7.00. The first-order valence-corrected chi connectivity index (χ1v) is 17.2. The second-order valence-corrected chi connectivity index (χ2v) is 12.6. The lowest BCUT2D eigenvalue weighted by atomic mass is 9.93. The molecule has 248 valence electrons. The molecule has 5 aromatic rings. The maximum Gasteiger partial charge on any atom is 0.338 e. The molecule has 2 heterocycles. The lowest BCUT2D eigenvalue weighted by Crippen LogP contribution is -2.40. The van der Waals surface area contributed by atoms with Crippen molar-refractivity contribution < 1.29 is 19.0 Å². The van der Waals surface area contributed by atoms with Gasteiger partial charge in [-0.05, 0) is 55.7 Å². The van der Waals surface area contributed by atoms with Gasteiger partial charge in [0, 0.05) is 21.7 Å². The average molecular weight is 691 g/mol. The highest BCUT2D eigenvalue weighted by Gasteiger charge is 2.35. The van der Waals surface area contributed by atoms with Gasteiger partial charge in [-0.2, -0.15) is 0 Å². The standard InChI is InChI=1S/C40H35ClN2O5S/c1-4-15-29-22-26(23-32(46-5-2)37(29)48-25-30-20-13-14-21-31(30)41)24-33-38(44)43-36(28-18-11-8-12-19-28)34(39(45)47-6-3)35(42-40(43)49-33)27-16-9-7-10-17-27/h4,7-14,16-24,36H,1,5-6,15,25H2,2-3H3/b33-24+/t36-/m1/s1. The predicted octanol–water partition coefficient (Wildman–Crippen LogP) is 7.30. The van der Waals surface area contributed by atoms with E-state index in [1.807, 2.05) is 110 Å². The maximum atomic E-state index is 14.4. The Morgan fingerprint density at radius 3 is 2.35 bits per heavy atom. The number of ether oxygens (including phenoxy) is 3. The fraction of sp³-hybridized carbons (Fsp3) is 0.175. The van der Waals surface area contributed by atoms with Crippen molar-refractivity contribution in [2.24, 2.45) is 4.99 Å². The lowest BCUT2D eigenvalue weighted by Gasteiger charge is -2.25. The molecule has 4 aromatic carbocycles. The molecule has 1 aliphatic rings. The molecule has 0 fully saturated rings. The number of rotatable bonds is 12. The number of hydrogen-bond donors (Lipinski definition) is 0. The summed E-state index contributed by atoms with van der Waals surface area (Å²) in [5, 5.41) is 0.619. The van der Waals surface area contributed by atoms with Gasteiger partial charge >= 0.3 is 5.97 Å². The van der Waals surface area contributed by atoms with Gasteiger partial charge in [-0.3, -0.25) is 9.36 Å². The molecule has 0 spiro atoms. The molecule has 0 unspecified atom stereocenters. The Kier molecular flexibility index (Phi) is 10.6. The smallest absolute Gasteiger partial charge is 0.338 e. The topological polar surface area (TPSA) is 79.1 Å². The van der Waals surface area contributed by atoms with Crippen LogP contribution in [0.2, 0.25) is 5.02 Å². The van der Waals surface area contributed by atoms with E-state index in [-0.39, 0.29) is 18.8 Å². The molecule has 9 heteroatoms. The number of benzene rings is 4. The summed E-state index contributed by atoms with van der Waals surface area (Å²) in [4.78, 5) is 33.5. The highest BCUT2D eigenvalue weighted by Crippen LogP contribution is 2.37. The Morgan fingerprint density at radius 1 is 0.939 bits per heavy atom. The van der Waals surface area contributed by atoms with Gasteiger partial charge in [-0.1, -0.05) is 108 Å². The first-order chi connectivity index (χ1) is 23.9.